The number of carbonyl (C=O) groups excluding carboxylic acids is 1. The molecule has 2 fully saturated rings. The average Bonchev–Trinajstić information content (AvgIpc) is 3.35. The molecular formula is C30H35F3N4O3. The Morgan fingerprint density at radius 3 is 2.52 bits per heavy atom. The molecule has 2 saturated heterocycles. The monoisotopic (exact) mass is 556 g/mol. The molecule has 0 saturated carbocycles. The minimum atomic E-state index is -4.41. The molecule has 2 N–H and O–H groups in total. The van der Waals surface area contributed by atoms with Gasteiger partial charge in [-0.3, -0.25) is 14.6 Å². The Morgan fingerprint density at radius 1 is 1.07 bits per heavy atom. The van der Waals surface area contributed by atoms with Gasteiger partial charge in [0.05, 0.1) is 31.9 Å². The van der Waals surface area contributed by atoms with Crippen LogP contribution in [0.2, 0.25) is 0 Å². The summed E-state index contributed by atoms with van der Waals surface area (Å²) < 4.78 is 50.8. The van der Waals surface area contributed by atoms with E-state index in [1.54, 1.807) is 12.1 Å². The third-order valence-corrected chi connectivity index (χ3v) is 8.73. The average molecular weight is 557 g/mol. The summed E-state index contributed by atoms with van der Waals surface area (Å²) in [5, 5.41) is 4.84. The van der Waals surface area contributed by atoms with Crippen molar-refractivity contribution in [3.8, 4) is 0 Å². The van der Waals surface area contributed by atoms with Gasteiger partial charge in [-0.1, -0.05) is 30.3 Å². The summed E-state index contributed by atoms with van der Waals surface area (Å²) in [5.41, 5.74) is 3.31. The number of H-pyrrole nitrogens is 1. The molecule has 40 heavy (non-hydrogen) atoms. The highest BCUT2D eigenvalue weighted by Crippen LogP contribution is 2.49. The summed E-state index contributed by atoms with van der Waals surface area (Å²) in [5.74, 6) is -0.323. The number of rotatable bonds is 6. The molecular weight excluding hydrogens is 521 g/mol. The first-order valence-corrected chi connectivity index (χ1v) is 14.0. The standard InChI is InChI=1S/C30H35F3N4O3/c1-39-29(38)27-18-23-22-4-2-3-5-24(22)35-28(23)26-17-21(34-10-11-36-12-14-40-15-13-36)16-25(37(26)27)19-6-8-20(9-7-19)30(31,32)33/h2-9,21,25-27,34-35H,10-18H2,1H3/t21-,25-,26+,27-/m0/s1. The molecule has 0 radical (unpaired) electrons. The van der Waals surface area contributed by atoms with Gasteiger partial charge >= 0.3 is 12.1 Å². The molecule has 0 aliphatic carbocycles. The van der Waals surface area contributed by atoms with E-state index in [2.05, 4.69) is 26.2 Å². The summed E-state index contributed by atoms with van der Waals surface area (Å²) in [6, 6.07) is 12.7. The number of fused-ring (bicyclic) bond motifs is 5. The fourth-order valence-corrected chi connectivity index (χ4v) is 6.78. The number of nitrogens with one attached hydrogen (secondary N) is 2. The Balaban J connectivity index is 1.35. The van der Waals surface area contributed by atoms with Crippen molar-refractivity contribution in [3.05, 3.63) is 70.9 Å². The van der Waals surface area contributed by atoms with Crippen LogP contribution in [0.5, 0.6) is 0 Å². The first kappa shape index (κ1) is 27.3. The van der Waals surface area contributed by atoms with Gasteiger partial charge in [-0.25, -0.2) is 0 Å². The number of methoxy groups -OCH3 is 1. The highest BCUT2D eigenvalue weighted by molar-refractivity contribution is 5.87. The first-order valence-electron chi connectivity index (χ1n) is 14.0. The zero-order chi connectivity index (χ0) is 27.9. The molecule has 3 aliphatic rings. The Hall–Kier alpha value is -2.92. The molecule has 4 atom stereocenters. The molecule has 0 amide bonds. The van der Waals surface area contributed by atoms with Crippen molar-refractivity contribution in [1.82, 2.24) is 20.1 Å². The fourth-order valence-electron chi connectivity index (χ4n) is 6.78. The number of hydrogen-bond donors (Lipinski definition) is 2. The number of hydrogen-bond acceptors (Lipinski definition) is 6. The largest absolute Gasteiger partial charge is 0.468 e. The van der Waals surface area contributed by atoms with E-state index in [1.807, 2.05) is 18.2 Å². The summed E-state index contributed by atoms with van der Waals surface area (Å²) in [6.45, 7) is 5.02. The molecule has 214 valence electrons. The van der Waals surface area contributed by atoms with Crippen molar-refractivity contribution >= 4 is 16.9 Å². The number of ether oxygens (including phenoxy) is 2. The smallest absolute Gasteiger partial charge is 0.416 e. The lowest BCUT2D eigenvalue weighted by atomic mass is 9.79. The van der Waals surface area contributed by atoms with Crippen LogP contribution in [0.3, 0.4) is 0 Å². The van der Waals surface area contributed by atoms with Gasteiger partial charge in [-0.05, 0) is 42.2 Å². The molecule has 3 aliphatic heterocycles. The maximum atomic E-state index is 13.4. The van der Waals surface area contributed by atoms with Gasteiger partial charge in [0.2, 0.25) is 0 Å². The number of aromatic amines is 1. The highest BCUT2D eigenvalue weighted by atomic mass is 19.4. The van der Waals surface area contributed by atoms with E-state index in [-0.39, 0.29) is 24.1 Å². The molecule has 0 unspecified atom stereocenters. The van der Waals surface area contributed by atoms with Gasteiger partial charge in [-0.15, -0.1) is 0 Å². The van der Waals surface area contributed by atoms with Crippen molar-refractivity contribution in [1.29, 1.82) is 0 Å². The SMILES string of the molecule is COC(=O)[C@@H]1Cc2c([nH]c3ccccc23)[C@H]2C[C@@H](NCCN3CCOCC3)C[C@@H](c3ccc(C(F)(F)F)cc3)N21. The molecule has 1 aromatic heterocycles. The van der Waals surface area contributed by atoms with Crippen molar-refractivity contribution in [2.24, 2.45) is 0 Å². The number of nitrogens with zero attached hydrogens (tertiary/aromatic N) is 2. The number of aromatic nitrogens is 1. The van der Waals surface area contributed by atoms with Gasteiger partial charge in [0, 0.05) is 61.3 Å². The van der Waals surface area contributed by atoms with Gasteiger partial charge in [0.1, 0.15) is 6.04 Å². The minimum absolute atomic E-state index is 0.116. The van der Waals surface area contributed by atoms with Gasteiger partial charge in [0.25, 0.3) is 0 Å². The second kappa shape index (κ2) is 11.2. The van der Waals surface area contributed by atoms with Crippen LogP contribution in [0.4, 0.5) is 13.2 Å². The lowest BCUT2D eigenvalue weighted by molar-refractivity contribution is -0.152. The predicted molar refractivity (Wildman–Crippen MR) is 145 cm³/mol. The number of carbonyl (C=O) groups is 1. The number of piperidine rings is 1. The zero-order valence-electron chi connectivity index (χ0n) is 22.5. The summed E-state index contributed by atoms with van der Waals surface area (Å²) in [4.78, 5) is 21.4. The van der Waals surface area contributed by atoms with Crippen molar-refractivity contribution in [3.63, 3.8) is 0 Å². The van der Waals surface area contributed by atoms with E-state index >= 15 is 0 Å². The molecule has 0 bridgehead atoms. The number of esters is 1. The lowest BCUT2D eigenvalue weighted by Gasteiger charge is -2.51. The molecule has 10 heteroatoms. The number of halogens is 3. The van der Waals surface area contributed by atoms with Gasteiger partial charge in [-0.2, -0.15) is 13.2 Å². The summed E-state index contributed by atoms with van der Waals surface area (Å²) in [7, 11) is 1.40. The Kier molecular flexibility index (Phi) is 7.60. The van der Waals surface area contributed by atoms with E-state index in [0.717, 1.165) is 85.7 Å². The summed E-state index contributed by atoms with van der Waals surface area (Å²) >= 11 is 0. The normalized spacial score (nSPS) is 25.9. The molecule has 3 aromatic rings. The zero-order valence-corrected chi connectivity index (χ0v) is 22.5. The number of morpholine rings is 1. The van der Waals surface area contributed by atoms with Crippen LogP contribution in [-0.4, -0.2) is 79.3 Å². The van der Waals surface area contributed by atoms with E-state index in [1.165, 1.54) is 7.11 Å². The first-order chi connectivity index (χ1) is 19.3. The van der Waals surface area contributed by atoms with Crippen LogP contribution >= 0.6 is 0 Å². The van der Waals surface area contributed by atoms with Gasteiger partial charge in [0.15, 0.2) is 0 Å². The number of para-hydroxylation sites is 1. The number of benzene rings is 2. The van der Waals surface area contributed by atoms with E-state index < -0.39 is 17.8 Å². The Bertz CT molecular complexity index is 1340. The third kappa shape index (κ3) is 5.25. The molecule has 6 rings (SSSR count). The molecule has 7 nitrogen and oxygen atoms in total. The van der Waals surface area contributed by atoms with Gasteiger partial charge < -0.3 is 19.8 Å². The van der Waals surface area contributed by atoms with E-state index in [4.69, 9.17) is 9.47 Å². The predicted octanol–water partition coefficient (Wildman–Crippen LogP) is 4.45. The molecule has 0 spiro atoms. The topological polar surface area (TPSA) is 69.8 Å². The minimum Gasteiger partial charge on any atom is -0.468 e. The van der Waals surface area contributed by atoms with Crippen molar-refractivity contribution in [2.75, 3.05) is 46.5 Å². The summed E-state index contributed by atoms with van der Waals surface area (Å²) in [6.07, 6.45) is -2.48. The van der Waals surface area contributed by atoms with Crippen LogP contribution in [0.15, 0.2) is 48.5 Å². The Morgan fingerprint density at radius 2 is 1.80 bits per heavy atom. The maximum Gasteiger partial charge on any atom is 0.416 e. The highest BCUT2D eigenvalue weighted by Gasteiger charge is 2.48. The van der Waals surface area contributed by atoms with Crippen molar-refractivity contribution in [2.45, 2.75) is 49.6 Å². The van der Waals surface area contributed by atoms with Crippen LogP contribution in [0, 0.1) is 0 Å². The lowest BCUT2D eigenvalue weighted by Crippen LogP contribution is -2.56. The van der Waals surface area contributed by atoms with Crippen LogP contribution in [0.25, 0.3) is 10.9 Å². The van der Waals surface area contributed by atoms with Crippen LogP contribution in [0.1, 0.15) is 47.3 Å². The quantitative estimate of drug-likeness (QED) is 0.438. The second-order valence-electron chi connectivity index (χ2n) is 11.0. The third-order valence-electron chi connectivity index (χ3n) is 8.73. The second-order valence-corrected chi connectivity index (χ2v) is 11.0. The molecule has 4 heterocycles. The maximum absolute atomic E-state index is 13.4. The van der Waals surface area contributed by atoms with Crippen LogP contribution < -0.4 is 5.32 Å². The van der Waals surface area contributed by atoms with E-state index in [0.29, 0.717) is 12.8 Å². The van der Waals surface area contributed by atoms with Crippen molar-refractivity contribution < 1.29 is 27.4 Å². The number of alkyl halides is 3. The molecule has 2 aromatic carbocycles. The fraction of sp³-hybridized carbons (Fsp3) is 0.500. The Labute approximate surface area is 231 Å². The van der Waals surface area contributed by atoms with E-state index in [9.17, 15) is 18.0 Å². The van der Waals surface area contributed by atoms with Crippen LogP contribution in [-0.2, 0) is 26.9 Å².